The van der Waals surface area contributed by atoms with Crippen molar-refractivity contribution in [1.82, 2.24) is 10.2 Å². The fourth-order valence-corrected chi connectivity index (χ4v) is 2.72. The van der Waals surface area contributed by atoms with E-state index in [1.165, 1.54) is 4.90 Å². The molecule has 114 valence electrons. The van der Waals surface area contributed by atoms with Gasteiger partial charge in [0, 0.05) is 18.3 Å². The summed E-state index contributed by atoms with van der Waals surface area (Å²) < 4.78 is 0. The highest BCUT2D eigenvalue weighted by molar-refractivity contribution is 7.99. The molecular weight excluding hydrogens is 288 g/mol. The minimum atomic E-state index is -0.991. The van der Waals surface area contributed by atoms with Gasteiger partial charge in [-0.2, -0.15) is 11.8 Å². The van der Waals surface area contributed by atoms with E-state index in [1.54, 1.807) is 17.8 Å². The fraction of sp³-hybridized carbons (Fsp3) is 0.467. The van der Waals surface area contributed by atoms with E-state index < -0.39 is 12.0 Å². The van der Waals surface area contributed by atoms with Gasteiger partial charge >= 0.3 is 12.0 Å². The highest BCUT2D eigenvalue weighted by Gasteiger charge is 2.35. The molecule has 6 heteroatoms. The van der Waals surface area contributed by atoms with Crippen molar-refractivity contribution >= 4 is 23.8 Å². The monoisotopic (exact) mass is 308 g/mol. The minimum Gasteiger partial charge on any atom is -0.479 e. The van der Waals surface area contributed by atoms with Crippen LogP contribution >= 0.6 is 11.8 Å². The number of carbonyl (C=O) groups excluding carboxylic acids is 1. The number of fused-ring (bicyclic) bond motifs is 1. The molecule has 0 fully saturated rings. The number of benzene rings is 1. The second-order valence-electron chi connectivity index (χ2n) is 5.12. The van der Waals surface area contributed by atoms with Crippen molar-refractivity contribution < 1.29 is 14.7 Å². The van der Waals surface area contributed by atoms with E-state index in [1.807, 2.05) is 31.4 Å². The molecule has 1 aliphatic rings. The number of carboxylic acids is 1. The van der Waals surface area contributed by atoms with E-state index >= 15 is 0 Å². The first-order valence-electron chi connectivity index (χ1n) is 6.92. The van der Waals surface area contributed by atoms with Gasteiger partial charge in [0.25, 0.3) is 0 Å². The maximum absolute atomic E-state index is 12.3. The topological polar surface area (TPSA) is 69.6 Å². The molecule has 2 N–H and O–H groups in total. The van der Waals surface area contributed by atoms with Crippen LogP contribution in [0, 0.1) is 0 Å². The van der Waals surface area contributed by atoms with Crippen LogP contribution in [-0.2, 0) is 11.2 Å². The Bertz CT molecular complexity index is 535. The fourth-order valence-electron chi connectivity index (χ4n) is 2.47. The van der Waals surface area contributed by atoms with Crippen LogP contribution in [-0.4, -0.2) is 46.6 Å². The molecule has 0 saturated heterocycles. The Morgan fingerprint density at radius 2 is 2.19 bits per heavy atom. The lowest BCUT2D eigenvalue weighted by atomic mass is 9.93. The van der Waals surface area contributed by atoms with Crippen molar-refractivity contribution in [3.63, 3.8) is 0 Å². The van der Waals surface area contributed by atoms with Crippen molar-refractivity contribution in [3.8, 4) is 0 Å². The van der Waals surface area contributed by atoms with Crippen LogP contribution in [0.2, 0.25) is 0 Å². The maximum Gasteiger partial charge on any atom is 0.331 e. The number of hydrogen-bond acceptors (Lipinski definition) is 3. The number of rotatable bonds is 4. The van der Waals surface area contributed by atoms with Crippen molar-refractivity contribution in [2.45, 2.75) is 24.6 Å². The van der Waals surface area contributed by atoms with E-state index in [2.05, 4.69) is 5.32 Å². The van der Waals surface area contributed by atoms with E-state index in [0.29, 0.717) is 30.3 Å². The Morgan fingerprint density at radius 1 is 1.48 bits per heavy atom. The van der Waals surface area contributed by atoms with Crippen LogP contribution in [0.5, 0.6) is 0 Å². The molecule has 0 spiro atoms. The molecular formula is C15H20N2O3S. The molecule has 0 radical (unpaired) electrons. The zero-order chi connectivity index (χ0) is 15.4. The summed E-state index contributed by atoms with van der Waals surface area (Å²) in [6.45, 7) is 2.98. The third-order valence-electron chi connectivity index (χ3n) is 3.72. The Labute approximate surface area is 128 Å². The van der Waals surface area contributed by atoms with Gasteiger partial charge in [0.05, 0.1) is 0 Å². The summed E-state index contributed by atoms with van der Waals surface area (Å²) in [6, 6.07) is 6.21. The predicted octanol–water partition coefficient (Wildman–Crippen LogP) is 2.13. The Balaban J connectivity index is 2.16. The summed E-state index contributed by atoms with van der Waals surface area (Å²) in [7, 11) is 0. The number of aliphatic carboxylic acids is 1. The van der Waals surface area contributed by atoms with Gasteiger partial charge < -0.3 is 15.3 Å². The van der Waals surface area contributed by atoms with Gasteiger partial charge in [-0.25, -0.2) is 9.59 Å². The van der Waals surface area contributed by atoms with Crippen molar-refractivity contribution in [1.29, 1.82) is 0 Å². The first-order valence-corrected chi connectivity index (χ1v) is 8.21. The van der Waals surface area contributed by atoms with Gasteiger partial charge in [0.1, 0.15) is 0 Å². The summed E-state index contributed by atoms with van der Waals surface area (Å²) in [5.41, 5.74) is 1.72. The summed E-state index contributed by atoms with van der Waals surface area (Å²) in [5.74, 6) is -0.991. The zero-order valence-electron chi connectivity index (χ0n) is 12.2. The van der Waals surface area contributed by atoms with Crippen molar-refractivity contribution in [3.05, 3.63) is 35.4 Å². The van der Waals surface area contributed by atoms with Crippen LogP contribution in [0.25, 0.3) is 0 Å². The molecule has 0 bridgehead atoms. The molecule has 1 aliphatic heterocycles. The Morgan fingerprint density at radius 3 is 2.86 bits per heavy atom. The third kappa shape index (κ3) is 3.50. The lowest BCUT2D eigenvalue weighted by molar-refractivity contribution is -0.142. The van der Waals surface area contributed by atoms with Crippen LogP contribution in [0.3, 0.4) is 0 Å². The predicted molar refractivity (Wildman–Crippen MR) is 83.6 cm³/mol. The Kier molecular flexibility index (Phi) is 5.12. The van der Waals surface area contributed by atoms with Crippen LogP contribution in [0.1, 0.15) is 24.1 Å². The first-order chi connectivity index (χ1) is 10.0. The number of hydrogen-bond donors (Lipinski definition) is 2. The lowest BCUT2D eigenvalue weighted by Gasteiger charge is -2.34. The summed E-state index contributed by atoms with van der Waals surface area (Å²) in [5, 5.41) is 12.6. The lowest BCUT2D eigenvalue weighted by Crippen LogP contribution is -2.49. The van der Waals surface area contributed by atoms with E-state index in [-0.39, 0.29) is 6.03 Å². The number of urea groups is 1. The number of nitrogens with one attached hydrogen (secondary N) is 1. The van der Waals surface area contributed by atoms with Gasteiger partial charge in [0.2, 0.25) is 0 Å². The van der Waals surface area contributed by atoms with E-state index in [9.17, 15) is 14.7 Å². The number of nitrogens with zero attached hydrogens (tertiary/aromatic N) is 1. The SMILES string of the molecule is CSC(C)CNC(=O)N1CCc2ccccc2C1C(=O)O. The van der Waals surface area contributed by atoms with Gasteiger partial charge in [-0.1, -0.05) is 31.2 Å². The molecule has 2 unspecified atom stereocenters. The average molecular weight is 308 g/mol. The molecule has 21 heavy (non-hydrogen) atoms. The molecule has 0 saturated carbocycles. The van der Waals surface area contributed by atoms with E-state index in [4.69, 9.17) is 0 Å². The second kappa shape index (κ2) is 6.85. The first kappa shape index (κ1) is 15.7. The third-order valence-corrected chi connectivity index (χ3v) is 4.69. The van der Waals surface area contributed by atoms with Crippen LogP contribution in [0.15, 0.2) is 24.3 Å². The zero-order valence-corrected chi connectivity index (χ0v) is 13.0. The van der Waals surface area contributed by atoms with Crippen molar-refractivity contribution in [2.75, 3.05) is 19.3 Å². The van der Waals surface area contributed by atoms with Gasteiger partial charge in [0.15, 0.2) is 6.04 Å². The molecule has 0 aromatic heterocycles. The largest absolute Gasteiger partial charge is 0.479 e. The molecule has 5 nitrogen and oxygen atoms in total. The van der Waals surface area contributed by atoms with Crippen LogP contribution in [0.4, 0.5) is 4.79 Å². The molecule has 1 aromatic carbocycles. The number of thioether (sulfide) groups is 1. The molecule has 1 aromatic rings. The normalized spacial score (nSPS) is 18.8. The maximum atomic E-state index is 12.3. The van der Waals surface area contributed by atoms with Crippen LogP contribution < -0.4 is 5.32 Å². The standard InChI is InChI=1S/C15H20N2O3S/c1-10(21-2)9-16-15(20)17-8-7-11-5-3-4-6-12(11)13(17)14(18)19/h3-6,10,13H,7-9H2,1-2H3,(H,16,20)(H,18,19). The molecule has 2 rings (SSSR count). The Hall–Kier alpha value is -1.69. The number of amides is 2. The smallest absolute Gasteiger partial charge is 0.331 e. The molecule has 2 amide bonds. The average Bonchev–Trinajstić information content (AvgIpc) is 2.50. The van der Waals surface area contributed by atoms with Gasteiger partial charge in [-0.15, -0.1) is 0 Å². The summed E-state index contributed by atoms with van der Waals surface area (Å²) in [6.07, 6.45) is 2.67. The second-order valence-corrected chi connectivity index (χ2v) is 6.39. The van der Waals surface area contributed by atoms with Gasteiger partial charge in [-0.05, 0) is 23.8 Å². The van der Waals surface area contributed by atoms with Gasteiger partial charge in [-0.3, -0.25) is 0 Å². The number of carboxylic acid groups (broad SMARTS) is 1. The highest BCUT2D eigenvalue weighted by atomic mass is 32.2. The quantitative estimate of drug-likeness (QED) is 0.894. The van der Waals surface area contributed by atoms with Crippen molar-refractivity contribution in [2.24, 2.45) is 0 Å². The minimum absolute atomic E-state index is 0.300. The highest BCUT2D eigenvalue weighted by Crippen LogP contribution is 2.29. The van der Waals surface area contributed by atoms with E-state index in [0.717, 1.165) is 5.56 Å². The molecule has 2 atom stereocenters. The summed E-state index contributed by atoms with van der Waals surface area (Å²) in [4.78, 5) is 25.3. The number of carbonyl (C=O) groups is 2. The molecule has 1 heterocycles. The molecule has 0 aliphatic carbocycles. The summed E-state index contributed by atoms with van der Waals surface area (Å²) >= 11 is 1.66.